The van der Waals surface area contributed by atoms with Gasteiger partial charge in [0.25, 0.3) is 0 Å². The Bertz CT molecular complexity index is 677. The van der Waals surface area contributed by atoms with Crippen LogP contribution in [-0.4, -0.2) is 17.1 Å². The molecule has 2 rings (SSSR count). The van der Waals surface area contributed by atoms with Crippen molar-refractivity contribution in [2.24, 2.45) is 0 Å². The van der Waals surface area contributed by atoms with E-state index in [1.165, 1.54) is 12.1 Å². The summed E-state index contributed by atoms with van der Waals surface area (Å²) in [6, 6.07) is 5.26. The van der Waals surface area contributed by atoms with E-state index >= 15 is 0 Å². The number of nitrogens with zero attached hydrogens (tertiary/aromatic N) is 1. The number of hydrogen-bond donors (Lipinski definition) is 0. The Morgan fingerprint density at radius 3 is 2.52 bits per heavy atom. The molecule has 5 heteroatoms. The largest absolute Gasteiger partial charge is 0.465 e. The fraction of sp³-hybridized carbons (Fsp3) is 0.312. The number of aromatic nitrogens is 1. The van der Waals surface area contributed by atoms with Gasteiger partial charge in [0.05, 0.1) is 6.61 Å². The van der Waals surface area contributed by atoms with Crippen LogP contribution < -0.4 is 0 Å². The fourth-order valence-electron chi connectivity index (χ4n) is 2.36. The summed E-state index contributed by atoms with van der Waals surface area (Å²) in [5.41, 5.74) is 2.53. The Kier molecular flexibility index (Phi) is 4.40. The fourth-order valence-corrected chi connectivity index (χ4v) is 2.36. The summed E-state index contributed by atoms with van der Waals surface area (Å²) in [7, 11) is 0. The van der Waals surface area contributed by atoms with E-state index in [4.69, 9.17) is 4.74 Å². The Hall–Kier alpha value is -2.17. The highest BCUT2D eigenvalue weighted by Crippen LogP contribution is 2.29. The summed E-state index contributed by atoms with van der Waals surface area (Å²) in [5.74, 6) is -1.58. The van der Waals surface area contributed by atoms with E-state index in [0.717, 1.165) is 17.5 Å². The van der Waals surface area contributed by atoms with Crippen LogP contribution >= 0.6 is 0 Å². The standard InChI is InChI=1S/C16H17F2NO2/c1-4-21-16(20)9-19-10(2)7-14(11(19)3)13-6-5-12(17)8-15(13)18/h5-8H,4,9H2,1-3H3. The SMILES string of the molecule is CCOC(=O)Cn1c(C)cc(-c2ccc(F)cc2F)c1C. The molecule has 21 heavy (non-hydrogen) atoms. The first-order valence-corrected chi connectivity index (χ1v) is 6.71. The minimum absolute atomic E-state index is 0.0777. The zero-order valence-corrected chi connectivity index (χ0v) is 12.2. The van der Waals surface area contributed by atoms with Crippen molar-refractivity contribution in [3.05, 3.63) is 47.3 Å². The maximum Gasteiger partial charge on any atom is 0.325 e. The molecule has 0 saturated carbocycles. The van der Waals surface area contributed by atoms with E-state index in [2.05, 4.69) is 0 Å². The third kappa shape index (κ3) is 3.12. The third-order valence-corrected chi connectivity index (χ3v) is 3.39. The van der Waals surface area contributed by atoms with Gasteiger partial charge >= 0.3 is 5.97 Å². The van der Waals surface area contributed by atoms with Crippen LogP contribution in [0, 0.1) is 25.5 Å². The third-order valence-electron chi connectivity index (χ3n) is 3.39. The molecule has 0 N–H and O–H groups in total. The van der Waals surface area contributed by atoms with Gasteiger partial charge in [0, 0.05) is 28.6 Å². The molecule has 2 aromatic rings. The van der Waals surface area contributed by atoms with Crippen LogP contribution in [0.3, 0.4) is 0 Å². The number of benzene rings is 1. The van der Waals surface area contributed by atoms with Gasteiger partial charge in [0.15, 0.2) is 0 Å². The number of carbonyl (C=O) groups is 1. The van der Waals surface area contributed by atoms with Crippen LogP contribution in [0.5, 0.6) is 0 Å². The topological polar surface area (TPSA) is 31.2 Å². The van der Waals surface area contributed by atoms with E-state index < -0.39 is 11.6 Å². The van der Waals surface area contributed by atoms with Gasteiger partial charge in [-0.05, 0) is 39.0 Å². The summed E-state index contributed by atoms with van der Waals surface area (Å²) in [6.07, 6.45) is 0. The predicted molar refractivity (Wildman–Crippen MR) is 75.9 cm³/mol. The lowest BCUT2D eigenvalue weighted by Gasteiger charge is -2.09. The molecule has 1 heterocycles. The van der Waals surface area contributed by atoms with Gasteiger partial charge in [-0.2, -0.15) is 0 Å². The first kappa shape index (κ1) is 15.2. The zero-order chi connectivity index (χ0) is 15.6. The number of esters is 1. The molecule has 0 unspecified atom stereocenters. The lowest BCUT2D eigenvalue weighted by atomic mass is 10.1. The Labute approximate surface area is 122 Å². The predicted octanol–water partition coefficient (Wildman–Crippen LogP) is 3.61. The number of carbonyl (C=O) groups excluding carboxylic acids is 1. The number of halogens is 2. The summed E-state index contributed by atoms with van der Waals surface area (Å²) in [5, 5.41) is 0. The van der Waals surface area contributed by atoms with Crippen molar-refractivity contribution < 1.29 is 18.3 Å². The average Bonchev–Trinajstić information content (AvgIpc) is 2.67. The Balaban J connectivity index is 2.41. The highest BCUT2D eigenvalue weighted by molar-refractivity contribution is 5.72. The molecule has 0 aliphatic carbocycles. The van der Waals surface area contributed by atoms with Crippen LogP contribution in [0.1, 0.15) is 18.3 Å². The second kappa shape index (κ2) is 6.08. The maximum absolute atomic E-state index is 13.9. The van der Waals surface area contributed by atoms with Crippen LogP contribution in [0.2, 0.25) is 0 Å². The van der Waals surface area contributed by atoms with Crippen molar-refractivity contribution in [3.63, 3.8) is 0 Å². The highest BCUT2D eigenvalue weighted by atomic mass is 19.1. The summed E-state index contributed by atoms with van der Waals surface area (Å²) >= 11 is 0. The second-order valence-corrected chi connectivity index (χ2v) is 4.80. The minimum atomic E-state index is -0.619. The van der Waals surface area contributed by atoms with Crippen LogP contribution in [0.25, 0.3) is 11.1 Å². The zero-order valence-electron chi connectivity index (χ0n) is 12.2. The van der Waals surface area contributed by atoms with E-state index in [1.807, 2.05) is 6.92 Å². The normalized spacial score (nSPS) is 10.7. The van der Waals surface area contributed by atoms with Crippen LogP contribution in [0.4, 0.5) is 8.78 Å². The summed E-state index contributed by atoms with van der Waals surface area (Å²) in [4.78, 5) is 11.6. The number of hydrogen-bond acceptors (Lipinski definition) is 2. The number of rotatable bonds is 4. The van der Waals surface area contributed by atoms with Crippen molar-refractivity contribution in [1.29, 1.82) is 0 Å². The van der Waals surface area contributed by atoms with Crippen molar-refractivity contribution in [2.45, 2.75) is 27.3 Å². The summed E-state index contributed by atoms with van der Waals surface area (Å²) in [6.45, 7) is 5.76. The quantitative estimate of drug-likeness (QED) is 0.806. The van der Waals surface area contributed by atoms with Crippen LogP contribution in [-0.2, 0) is 16.1 Å². The van der Waals surface area contributed by atoms with Gasteiger partial charge in [-0.25, -0.2) is 8.78 Å². The number of aryl methyl sites for hydroxylation is 1. The first-order valence-electron chi connectivity index (χ1n) is 6.71. The first-order chi connectivity index (χ1) is 9.93. The lowest BCUT2D eigenvalue weighted by molar-refractivity contribution is -0.143. The maximum atomic E-state index is 13.9. The average molecular weight is 293 g/mol. The molecule has 0 amide bonds. The lowest BCUT2D eigenvalue weighted by Crippen LogP contribution is -2.15. The van der Waals surface area contributed by atoms with Crippen molar-refractivity contribution in [3.8, 4) is 11.1 Å². The van der Waals surface area contributed by atoms with Gasteiger partial charge in [0.2, 0.25) is 0 Å². The van der Waals surface area contributed by atoms with E-state index in [9.17, 15) is 13.6 Å². The number of ether oxygens (including phenoxy) is 1. The smallest absolute Gasteiger partial charge is 0.325 e. The molecule has 0 aliphatic heterocycles. The molecule has 112 valence electrons. The molecule has 0 fully saturated rings. The highest BCUT2D eigenvalue weighted by Gasteiger charge is 2.16. The Morgan fingerprint density at radius 1 is 1.19 bits per heavy atom. The van der Waals surface area contributed by atoms with E-state index in [0.29, 0.717) is 17.7 Å². The van der Waals surface area contributed by atoms with E-state index in [-0.39, 0.29) is 12.5 Å². The summed E-state index contributed by atoms with van der Waals surface area (Å²) < 4.78 is 33.6. The van der Waals surface area contributed by atoms with Gasteiger partial charge in [-0.15, -0.1) is 0 Å². The molecular weight excluding hydrogens is 276 g/mol. The molecule has 0 radical (unpaired) electrons. The van der Waals surface area contributed by atoms with Gasteiger partial charge in [0.1, 0.15) is 18.2 Å². The van der Waals surface area contributed by atoms with Gasteiger partial charge in [-0.3, -0.25) is 4.79 Å². The molecule has 3 nitrogen and oxygen atoms in total. The van der Waals surface area contributed by atoms with Crippen molar-refractivity contribution in [2.75, 3.05) is 6.61 Å². The second-order valence-electron chi connectivity index (χ2n) is 4.80. The molecule has 1 aromatic carbocycles. The monoisotopic (exact) mass is 293 g/mol. The Morgan fingerprint density at radius 2 is 1.90 bits per heavy atom. The van der Waals surface area contributed by atoms with Crippen molar-refractivity contribution in [1.82, 2.24) is 4.57 Å². The molecule has 0 atom stereocenters. The molecular formula is C16H17F2NO2. The molecule has 0 bridgehead atoms. The van der Waals surface area contributed by atoms with Crippen molar-refractivity contribution >= 4 is 5.97 Å². The van der Waals surface area contributed by atoms with E-state index in [1.54, 1.807) is 24.5 Å². The minimum Gasteiger partial charge on any atom is -0.465 e. The van der Waals surface area contributed by atoms with Gasteiger partial charge in [-0.1, -0.05) is 0 Å². The molecule has 1 aromatic heterocycles. The molecule has 0 saturated heterocycles. The molecule has 0 aliphatic rings. The molecule has 0 spiro atoms. The van der Waals surface area contributed by atoms with Crippen LogP contribution in [0.15, 0.2) is 24.3 Å². The van der Waals surface area contributed by atoms with Gasteiger partial charge < -0.3 is 9.30 Å².